The first-order valence-corrected chi connectivity index (χ1v) is 13.6. The van der Waals surface area contributed by atoms with E-state index in [1.54, 1.807) is 0 Å². The van der Waals surface area contributed by atoms with Gasteiger partial charge in [0.05, 0.1) is 10.3 Å². The normalized spacial score (nSPS) is 19.6. The van der Waals surface area contributed by atoms with Crippen molar-refractivity contribution in [1.82, 2.24) is 10.1 Å². The molecule has 0 unspecified atom stereocenters. The van der Waals surface area contributed by atoms with Gasteiger partial charge in [0, 0.05) is 36.9 Å². The van der Waals surface area contributed by atoms with Crippen molar-refractivity contribution < 1.29 is 28.3 Å². The number of esters is 1. The van der Waals surface area contributed by atoms with Crippen LogP contribution in [0, 0.1) is 5.82 Å². The maximum Gasteiger partial charge on any atom is 0.344 e. The van der Waals surface area contributed by atoms with Crippen LogP contribution in [0.15, 0.2) is 47.0 Å². The number of aromatic carboxylic acids is 1. The van der Waals surface area contributed by atoms with E-state index in [1.807, 2.05) is 30.3 Å². The first kappa shape index (κ1) is 24.5. The van der Waals surface area contributed by atoms with Crippen molar-refractivity contribution in [3.63, 3.8) is 0 Å². The number of piperidine rings is 1. The van der Waals surface area contributed by atoms with Crippen molar-refractivity contribution in [3.05, 3.63) is 65.2 Å². The number of aromatic nitrogens is 2. The largest absolute Gasteiger partial charge is 0.478 e. The van der Waals surface area contributed by atoms with E-state index < -0.39 is 17.8 Å². The molecule has 0 bridgehead atoms. The Hall–Kier alpha value is -3.79. The van der Waals surface area contributed by atoms with Crippen LogP contribution in [0.2, 0.25) is 0 Å². The molecule has 10 heteroatoms. The van der Waals surface area contributed by atoms with Gasteiger partial charge in [0.2, 0.25) is 0 Å². The van der Waals surface area contributed by atoms with E-state index in [1.165, 1.54) is 17.4 Å². The van der Waals surface area contributed by atoms with Crippen molar-refractivity contribution >= 4 is 38.6 Å². The Labute approximate surface area is 222 Å². The van der Waals surface area contributed by atoms with Gasteiger partial charge in [-0.25, -0.2) is 19.0 Å². The van der Waals surface area contributed by atoms with Gasteiger partial charge < -0.3 is 19.3 Å². The van der Waals surface area contributed by atoms with E-state index in [-0.39, 0.29) is 29.1 Å². The fraction of sp³-hybridized carbons (Fsp3) is 0.357. The van der Waals surface area contributed by atoms with Crippen LogP contribution >= 0.6 is 11.3 Å². The lowest BCUT2D eigenvalue weighted by Gasteiger charge is -2.38. The summed E-state index contributed by atoms with van der Waals surface area (Å²) >= 11 is 1.28. The molecule has 0 radical (unpaired) electrons. The minimum atomic E-state index is -1.18. The predicted octanol–water partition coefficient (Wildman–Crippen LogP) is 6.27. The third-order valence-electron chi connectivity index (χ3n) is 7.26. The van der Waals surface area contributed by atoms with Crippen LogP contribution in [-0.4, -0.2) is 45.9 Å². The van der Waals surface area contributed by atoms with E-state index >= 15 is 0 Å². The lowest BCUT2D eigenvalue weighted by molar-refractivity contribution is 0.0206. The summed E-state index contributed by atoms with van der Waals surface area (Å²) in [6, 6.07) is 12.0. The third-order valence-corrected chi connectivity index (χ3v) is 8.30. The Balaban J connectivity index is 1.21. The molecule has 2 aliphatic rings. The smallest absolute Gasteiger partial charge is 0.344 e. The number of carbonyl (C=O) groups is 2. The molecule has 1 aliphatic carbocycles. The predicted molar refractivity (Wildman–Crippen MR) is 140 cm³/mol. The van der Waals surface area contributed by atoms with E-state index in [0.717, 1.165) is 30.9 Å². The maximum atomic E-state index is 14.5. The molecule has 6 rings (SSSR count). The number of benzene rings is 2. The molecule has 4 aromatic rings. The Morgan fingerprint density at radius 3 is 2.71 bits per heavy atom. The number of carboxylic acid groups (broad SMARTS) is 1. The van der Waals surface area contributed by atoms with Gasteiger partial charge in [-0.15, -0.1) is 0 Å². The van der Waals surface area contributed by atoms with Crippen molar-refractivity contribution in [2.24, 2.45) is 0 Å². The van der Waals surface area contributed by atoms with Crippen LogP contribution in [0.3, 0.4) is 0 Å². The molecule has 1 saturated carbocycles. The van der Waals surface area contributed by atoms with Crippen molar-refractivity contribution in [1.29, 1.82) is 0 Å². The number of nitrogens with zero attached hydrogens (tertiary/aromatic N) is 3. The van der Waals surface area contributed by atoms with Gasteiger partial charge in [0.25, 0.3) is 0 Å². The van der Waals surface area contributed by atoms with Crippen LogP contribution in [-0.2, 0) is 4.74 Å². The second-order valence-electron chi connectivity index (χ2n) is 9.82. The Morgan fingerprint density at radius 2 is 2.00 bits per heavy atom. The molecule has 1 saturated heterocycles. The minimum absolute atomic E-state index is 0.0306. The first-order chi connectivity index (χ1) is 18.4. The monoisotopic (exact) mass is 535 g/mol. The Kier molecular flexibility index (Phi) is 6.35. The molecule has 0 spiro atoms. The summed E-state index contributed by atoms with van der Waals surface area (Å²) in [5, 5.41) is 14.1. The molecule has 2 aromatic carbocycles. The summed E-state index contributed by atoms with van der Waals surface area (Å²) in [5.41, 5.74) is 1.82. The Bertz CT molecular complexity index is 1510. The van der Waals surface area contributed by atoms with Gasteiger partial charge in [-0.1, -0.05) is 53.7 Å². The first-order valence-electron chi connectivity index (χ1n) is 12.8. The summed E-state index contributed by atoms with van der Waals surface area (Å²) in [6.07, 6.45) is 3.62. The molecule has 196 valence electrons. The highest BCUT2D eigenvalue weighted by molar-refractivity contribution is 7.22. The van der Waals surface area contributed by atoms with Crippen LogP contribution < -0.4 is 4.90 Å². The number of anilines is 1. The van der Waals surface area contributed by atoms with Crippen LogP contribution in [0.25, 0.3) is 21.5 Å². The van der Waals surface area contributed by atoms with Gasteiger partial charge >= 0.3 is 11.9 Å². The highest BCUT2D eigenvalue weighted by atomic mass is 32.1. The summed E-state index contributed by atoms with van der Waals surface area (Å²) in [7, 11) is 0. The van der Waals surface area contributed by atoms with Crippen LogP contribution in [0.4, 0.5) is 9.52 Å². The fourth-order valence-corrected chi connectivity index (χ4v) is 6.23. The quantitative estimate of drug-likeness (QED) is 0.276. The maximum absolute atomic E-state index is 14.5. The number of carbonyl (C=O) groups excluding carboxylic acids is 1. The zero-order chi connectivity index (χ0) is 26.4. The van der Waals surface area contributed by atoms with E-state index in [9.17, 15) is 19.1 Å². The fourth-order valence-electron chi connectivity index (χ4n) is 5.11. The zero-order valence-electron chi connectivity index (χ0n) is 20.7. The molecular formula is C28H26FN3O5S. The summed E-state index contributed by atoms with van der Waals surface area (Å²) in [4.78, 5) is 31.4. The van der Waals surface area contributed by atoms with Crippen LogP contribution in [0.5, 0.6) is 0 Å². The number of hydrogen-bond donors (Lipinski definition) is 1. The molecule has 1 N–H and O–H groups in total. The molecule has 3 heterocycles. The SMILES string of the molecule is CC[C@@H]1C[C@H](OC(=O)c2c(-c3ccccc3)noc2C2CC2)CCN1c1nc2c(F)cc(C(=O)O)cc2s1. The average Bonchev–Trinajstić information content (AvgIpc) is 3.51. The highest BCUT2D eigenvalue weighted by Crippen LogP contribution is 2.44. The zero-order valence-corrected chi connectivity index (χ0v) is 21.5. The summed E-state index contributed by atoms with van der Waals surface area (Å²) < 4.78 is 26.7. The van der Waals surface area contributed by atoms with Gasteiger partial charge in [0.15, 0.2) is 16.7 Å². The average molecular weight is 536 g/mol. The minimum Gasteiger partial charge on any atom is -0.478 e. The van der Waals surface area contributed by atoms with Gasteiger partial charge in [-0.05, 0) is 31.4 Å². The van der Waals surface area contributed by atoms with Gasteiger partial charge in [-0.2, -0.15) is 0 Å². The molecule has 2 atom stereocenters. The molecule has 8 nitrogen and oxygen atoms in total. The number of thiazole rings is 1. The molecular weight excluding hydrogens is 509 g/mol. The van der Waals surface area contributed by atoms with Crippen molar-refractivity contribution in [2.45, 2.75) is 57.1 Å². The van der Waals surface area contributed by atoms with E-state index in [2.05, 4.69) is 22.0 Å². The highest BCUT2D eigenvalue weighted by Gasteiger charge is 2.38. The summed E-state index contributed by atoms with van der Waals surface area (Å²) in [6.45, 7) is 2.63. The van der Waals surface area contributed by atoms with E-state index in [4.69, 9.17) is 9.26 Å². The van der Waals surface area contributed by atoms with Crippen molar-refractivity contribution in [3.8, 4) is 11.3 Å². The number of ether oxygens (including phenoxy) is 1. The number of hydrogen-bond acceptors (Lipinski definition) is 8. The molecule has 2 aromatic heterocycles. The number of fused-ring (bicyclic) bond motifs is 1. The molecule has 0 amide bonds. The number of halogens is 1. The van der Waals surface area contributed by atoms with Gasteiger partial charge in [-0.3, -0.25) is 0 Å². The number of carboxylic acids is 1. The summed E-state index contributed by atoms with van der Waals surface area (Å²) in [5.74, 6) is -1.43. The van der Waals surface area contributed by atoms with E-state index in [0.29, 0.717) is 46.2 Å². The molecule has 1 aliphatic heterocycles. The Morgan fingerprint density at radius 1 is 1.21 bits per heavy atom. The number of rotatable bonds is 7. The second-order valence-corrected chi connectivity index (χ2v) is 10.8. The lowest BCUT2D eigenvalue weighted by Crippen LogP contribution is -2.45. The lowest BCUT2D eigenvalue weighted by atomic mass is 9.97. The van der Waals surface area contributed by atoms with Crippen LogP contribution in [0.1, 0.15) is 71.4 Å². The topological polar surface area (TPSA) is 106 Å². The standard InChI is InChI=1S/C28H26FN3O5S/c1-2-18-14-19(10-11-32(18)28-30-24-20(29)12-17(26(33)34)13-21(24)38-28)36-27(35)22-23(15-6-4-3-5-7-15)31-37-25(22)16-8-9-16/h3-7,12-13,16,18-19H,2,8-11,14H2,1H3,(H,33,34)/t18-,19-/m1/s1. The third kappa shape index (κ3) is 4.53. The molecule has 2 fully saturated rings. The van der Waals surface area contributed by atoms with Gasteiger partial charge in [0.1, 0.15) is 22.9 Å². The van der Waals surface area contributed by atoms with Crippen molar-refractivity contribution in [2.75, 3.05) is 11.4 Å². The second kappa shape index (κ2) is 9.83. The molecule has 38 heavy (non-hydrogen) atoms.